The predicted molar refractivity (Wildman–Crippen MR) is 156 cm³/mol. The van der Waals surface area contributed by atoms with Gasteiger partial charge in [-0.3, -0.25) is 19.8 Å². The number of carbonyl (C=O) groups is 4. The molecule has 11 N–H and O–H groups in total. The molecule has 0 fully saturated rings. The summed E-state index contributed by atoms with van der Waals surface area (Å²) >= 11 is 0. The van der Waals surface area contributed by atoms with E-state index in [9.17, 15) is 29.4 Å². The third-order valence-electron chi connectivity index (χ3n) is 7.11. The molecule has 14 nitrogen and oxygen atoms in total. The van der Waals surface area contributed by atoms with Crippen LogP contribution in [0.1, 0.15) is 37.4 Å². The topological polar surface area (TPSA) is 240 Å². The Morgan fingerprint density at radius 3 is 2.50 bits per heavy atom. The Morgan fingerprint density at radius 1 is 1.14 bits per heavy atom. The summed E-state index contributed by atoms with van der Waals surface area (Å²) in [6, 6.07) is 4.28. The summed E-state index contributed by atoms with van der Waals surface area (Å²) in [6.45, 7) is 4.16. The lowest BCUT2D eigenvalue weighted by Gasteiger charge is -2.23. The molecule has 1 aromatic carbocycles. The molecular weight excluding hydrogens is 544 g/mol. The monoisotopic (exact) mass is 584 g/mol. The number of aliphatic hydroxyl groups excluding tert-OH is 1. The van der Waals surface area contributed by atoms with Crippen molar-refractivity contribution in [2.24, 2.45) is 11.5 Å². The van der Waals surface area contributed by atoms with Crippen molar-refractivity contribution in [1.82, 2.24) is 25.8 Å². The molecule has 3 rings (SSSR count). The number of carboxylic acids is 1. The normalized spacial score (nSPS) is 15.8. The van der Waals surface area contributed by atoms with Crippen LogP contribution in [0.4, 0.5) is 0 Å². The van der Waals surface area contributed by atoms with Gasteiger partial charge in [0.25, 0.3) is 0 Å². The minimum absolute atomic E-state index is 0.0292. The number of nitrogens with two attached hydrogens (primary N) is 2. The molecule has 4 unspecified atom stereocenters. The number of carboxylic acid groups (broad SMARTS) is 1. The number of nitrogens with zero attached hydrogens (tertiary/aromatic N) is 1. The molecule has 2 aromatic rings. The molecule has 0 bridgehead atoms. The van der Waals surface area contributed by atoms with Gasteiger partial charge in [0.05, 0.1) is 6.10 Å². The van der Waals surface area contributed by atoms with Crippen molar-refractivity contribution in [3.63, 3.8) is 0 Å². The predicted octanol–water partition coefficient (Wildman–Crippen LogP) is -0.797. The Balaban J connectivity index is 1.51. The lowest BCUT2D eigenvalue weighted by molar-refractivity contribution is -0.141. The number of para-hydroxylation sites is 1. The summed E-state index contributed by atoms with van der Waals surface area (Å²) in [6.07, 6.45) is 1.12. The third-order valence-corrected chi connectivity index (χ3v) is 7.11. The lowest BCUT2D eigenvalue weighted by Crippen LogP contribution is -2.54. The first-order valence-corrected chi connectivity index (χ1v) is 13.7. The number of fused-ring (bicyclic) bond motifs is 1. The molecule has 4 atom stereocenters. The van der Waals surface area contributed by atoms with E-state index in [0.29, 0.717) is 18.8 Å². The van der Waals surface area contributed by atoms with Gasteiger partial charge in [-0.25, -0.2) is 4.79 Å². The van der Waals surface area contributed by atoms with Crippen LogP contribution >= 0.6 is 0 Å². The number of aromatic nitrogens is 1. The number of guanidine groups is 1. The summed E-state index contributed by atoms with van der Waals surface area (Å²) in [4.78, 5) is 54.6. The Morgan fingerprint density at radius 2 is 1.88 bits per heavy atom. The first-order valence-electron chi connectivity index (χ1n) is 13.7. The van der Waals surface area contributed by atoms with E-state index in [1.807, 2.05) is 37.3 Å². The fraction of sp³-hybridized carbons (Fsp3) is 0.464. The molecule has 0 saturated heterocycles. The number of carbonyl (C=O) groups excluding carboxylic acids is 3. The zero-order valence-electron chi connectivity index (χ0n) is 23.8. The van der Waals surface area contributed by atoms with E-state index in [1.54, 1.807) is 4.90 Å². The Kier molecular flexibility index (Phi) is 11.0. The van der Waals surface area contributed by atoms with Gasteiger partial charge >= 0.3 is 5.97 Å². The largest absolute Gasteiger partial charge is 0.480 e. The number of aryl methyl sites for hydroxylation is 1. The molecule has 14 heteroatoms. The number of aliphatic hydroxyl groups is 1. The smallest absolute Gasteiger partial charge is 0.326 e. The zero-order chi connectivity index (χ0) is 31.0. The SMILES string of the molecule is Cc1cccc2cc(CC(NC(=O)CCCNC(=O)C(CC3=CCN(C(=N)N)C3)NC(=O)C(N)C(C)O)C(=O)O)[nH]c12. The van der Waals surface area contributed by atoms with Gasteiger partial charge in [-0.15, -0.1) is 0 Å². The molecular formula is C28H40N8O6. The van der Waals surface area contributed by atoms with Gasteiger partial charge in [0, 0.05) is 43.7 Å². The fourth-order valence-corrected chi connectivity index (χ4v) is 4.65. The quantitative estimate of drug-likeness (QED) is 0.0584. The van der Waals surface area contributed by atoms with Gasteiger partial charge in [0.2, 0.25) is 17.7 Å². The Hall–Kier alpha value is -4.43. The highest BCUT2D eigenvalue weighted by Gasteiger charge is 2.28. The Labute approximate surface area is 243 Å². The average molecular weight is 585 g/mol. The zero-order valence-corrected chi connectivity index (χ0v) is 23.8. The van der Waals surface area contributed by atoms with E-state index in [2.05, 4.69) is 20.9 Å². The lowest BCUT2D eigenvalue weighted by atomic mass is 10.0. The second-order valence-corrected chi connectivity index (χ2v) is 10.6. The van der Waals surface area contributed by atoms with E-state index in [4.69, 9.17) is 16.9 Å². The van der Waals surface area contributed by atoms with Crippen LogP contribution in [0.15, 0.2) is 35.9 Å². The van der Waals surface area contributed by atoms with Crippen molar-refractivity contribution in [1.29, 1.82) is 5.41 Å². The molecule has 228 valence electrons. The minimum atomic E-state index is -1.23. The van der Waals surface area contributed by atoms with Crippen LogP contribution in [0.3, 0.4) is 0 Å². The molecule has 0 saturated carbocycles. The number of amides is 3. The number of hydrogen-bond donors (Lipinski definition) is 9. The molecule has 1 aliphatic heterocycles. The number of hydrogen-bond acceptors (Lipinski definition) is 7. The summed E-state index contributed by atoms with van der Waals surface area (Å²) in [5, 5.41) is 35.6. The summed E-state index contributed by atoms with van der Waals surface area (Å²) in [5.74, 6) is -2.96. The highest BCUT2D eigenvalue weighted by molar-refractivity contribution is 5.90. The number of rotatable bonds is 14. The standard InChI is InChI=1S/C28H40N8O6/c1-15-5-3-6-18-12-19(33-24(15)18)13-21(27(41)42)34-22(38)7-4-9-32-25(39)20(35-26(40)23(29)16(2)37)11-17-8-10-36(14-17)28(30)31/h3,5-6,8,12,16,20-21,23,33,37H,4,7,9-11,13-14,29H2,1-2H3,(H3,30,31)(H,32,39)(H,34,38)(H,35,40)(H,41,42). The number of nitrogens with one attached hydrogen (secondary N) is 5. The highest BCUT2D eigenvalue weighted by Crippen LogP contribution is 2.20. The van der Waals surface area contributed by atoms with Crippen molar-refractivity contribution in [3.05, 3.63) is 47.2 Å². The molecule has 2 heterocycles. The first-order chi connectivity index (χ1) is 19.8. The van der Waals surface area contributed by atoms with Crippen LogP contribution in [0.25, 0.3) is 10.9 Å². The van der Waals surface area contributed by atoms with E-state index in [1.165, 1.54) is 6.92 Å². The molecule has 3 amide bonds. The number of aromatic amines is 1. The van der Waals surface area contributed by atoms with E-state index < -0.39 is 47.9 Å². The van der Waals surface area contributed by atoms with Crippen molar-refractivity contribution in [2.75, 3.05) is 19.6 Å². The van der Waals surface area contributed by atoms with E-state index in [0.717, 1.165) is 22.0 Å². The average Bonchev–Trinajstić information content (AvgIpc) is 3.57. The molecule has 1 aromatic heterocycles. The van der Waals surface area contributed by atoms with Crippen molar-refractivity contribution in [3.8, 4) is 0 Å². The van der Waals surface area contributed by atoms with Gasteiger partial charge in [0.1, 0.15) is 18.1 Å². The second kappa shape index (κ2) is 14.5. The van der Waals surface area contributed by atoms with E-state index >= 15 is 0 Å². The third kappa shape index (κ3) is 8.78. The van der Waals surface area contributed by atoms with Crippen LogP contribution in [-0.4, -0.2) is 93.6 Å². The Bertz CT molecular complexity index is 1350. The van der Waals surface area contributed by atoms with Crippen LogP contribution in [0, 0.1) is 12.3 Å². The molecule has 0 radical (unpaired) electrons. The van der Waals surface area contributed by atoms with Gasteiger partial charge in [-0.2, -0.15) is 0 Å². The second-order valence-electron chi connectivity index (χ2n) is 10.6. The van der Waals surface area contributed by atoms with Crippen LogP contribution in [-0.2, 0) is 25.6 Å². The summed E-state index contributed by atoms with van der Waals surface area (Å²) in [7, 11) is 0. The maximum Gasteiger partial charge on any atom is 0.326 e. The van der Waals surface area contributed by atoms with E-state index in [-0.39, 0.29) is 38.2 Å². The number of H-pyrrole nitrogens is 1. The number of aliphatic carboxylic acids is 1. The summed E-state index contributed by atoms with van der Waals surface area (Å²) < 4.78 is 0. The van der Waals surface area contributed by atoms with Crippen molar-refractivity contribution in [2.45, 2.75) is 63.8 Å². The fourth-order valence-electron chi connectivity index (χ4n) is 4.65. The molecule has 0 aliphatic carbocycles. The summed E-state index contributed by atoms with van der Waals surface area (Å²) in [5.41, 5.74) is 14.7. The highest BCUT2D eigenvalue weighted by atomic mass is 16.4. The van der Waals surface area contributed by atoms with Crippen LogP contribution < -0.4 is 27.4 Å². The molecule has 1 aliphatic rings. The minimum Gasteiger partial charge on any atom is -0.480 e. The van der Waals surface area contributed by atoms with Gasteiger partial charge in [-0.1, -0.05) is 29.8 Å². The van der Waals surface area contributed by atoms with Crippen LogP contribution in [0.5, 0.6) is 0 Å². The first kappa shape index (κ1) is 32.1. The maximum atomic E-state index is 13.0. The number of benzene rings is 1. The molecule has 0 spiro atoms. The van der Waals surface area contributed by atoms with Gasteiger partial charge in [0.15, 0.2) is 5.96 Å². The van der Waals surface area contributed by atoms with Gasteiger partial charge < -0.3 is 47.5 Å². The van der Waals surface area contributed by atoms with Crippen molar-refractivity contribution >= 4 is 40.6 Å². The van der Waals surface area contributed by atoms with Crippen LogP contribution in [0.2, 0.25) is 0 Å². The van der Waals surface area contributed by atoms with Gasteiger partial charge in [-0.05, 0) is 43.7 Å². The van der Waals surface area contributed by atoms with Crippen molar-refractivity contribution < 1.29 is 29.4 Å². The molecule has 42 heavy (non-hydrogen) atoms. The maximum absolute atomic E-state index is 13.0.